The van der Waals surface area contributed by atoms with Gasteiger partial charge in [0, 0.05) is 24.3 Å². The van der Waals surface area contributed by atoms with Crippen molar-refractivity contribution in [3.05, 3.63) is 54.2 Å². The molecule has 24 heavy (non-hydrogen) atoms. The highest BCUT2D eigenvalue weighted by Crippen LogP contribution is 2.32. The van der Waals surface area contributed by atoms with Crippen LogP contribution in [0.1, 0.15) is 11.4 Å². The Balaban J connectivity index is 1.98. The summed E-state index contributed by atoms with van der Waals surface area (Å²) in [4.78, 5) is 13.4. The molecule has 2 aromatic carbocycles. The Bertz CT molecular complexity index is 1120. The molecule has 2 aromatic heterocycles. The molecule has 4 rings (SSSR count). The number of fused-ring (bicyclic) bond motifs is 2. The molecule has 0 saturated heterocycles. The summed E-state index contributed by atoms with van der Waals surface area (Å²) in [7, 11) is 1.96. The summed E-state index contributed by atoms with van der Waals surface area (Å²) >= 11 is 0. The van der Waals surface area contributed by atoms with Gasteiger partial charge in [0.25, 0.3) is 0 Å². The van der Waals surface area contributed by atoms with Crippen LogP contribution in [0.4, 0.5) is 11.4 Å². The molecule has 6 nitrogen and oxygen atoms in total. The third kappa shape index (κ3) is 2.23. The first-order valence-corrected chi connectivity index (χ1v) is 7.50. The fourth-order valence-electron chi connectivity index (χ4n) is 2.74. The van der Waals surface area contributed by atoms with Gasteiger partial charge in [0.2, 0.25) is 0 Å². The van der Waals surface area contributed by atoms with Crippen molar-refractivity contribution in [3.8, 4) is 6.07 Å². The van der Waals surface area contributed by atoms with E-state index in [-0.39, 0.29) is 0 Å². The molecule has 0 radical (unpaired) electrons. The molecule has 116 valence electrons. The fourth-order valence-corrected chi connectivity index (χ4v) is 2.74. The summed E-state index contributed by atoms with van der Waals surface area (Å²) < 4.78 is 1.98. The van der Waals surface area contributed by atoms with Crippen molar-refractivity contribution < 1.29 is 0 Å². The zero-order valence-electron chi connectivity index (χ0n) is 13.3. The molecule has 0 fully saturated rings. The second-order valence-corrected chi connectivity index (χ2v) is 5.65. The lowest BCUT2D eigenvalue weighted by Crippen LogP contribution is -2.02. The Kier molecular flexibility index (Phi) is 3.14. The van der Waals surface area contributed by atoms with Crippen LogP contribution in [0.5, 0.6) is 0 Å². The van der Waals surface area contributed by atoms with Gasteiger partial charge in [-0.3, -0.25) is 0 Å². The van der Waals surface area contributed by atoms with Crippen LogP contribution in [0.3, 0.4) is 0 Å². The molecular formula is C18H14N6. The van der Waals surface area contributed by atoms with E-state index in [1.807, 2.05) is 42.9 Å². The molecule has 4 aromatic rings. The minimum absolute atomic E-state index is 0.598. The van der Waals surface area contributed by atoms with E-state index >= 15 is 0 Å². The van der Waals surface area contributed by atoms with Crippen LogP contribution in [0.15, 0.2) is 42.9 Å². The second-order valence-electron chi connectivity index (χ2n) is 5.65. The number of hydrogen-bond donors (Lipinski definition) is 1. The summed E-state index contributed by atoms with van der Waals surface area (Å²) in [5.41, 5.74) is 4.64. The van der Waals surface area contributed by atoms with Crippen LogP contribution < -0.4 is 5.32 Å². The van der Waals surface area contributed by atoms with Gasteiger partial charge in [-0.25, -0.2) is 15.0 Å². The third-order valence-electron chi connectivity index (χ3n) is 4.04. The van der Waals surface area contributed by atoms with Gasteiger partial charge in [-0.15, -0.1) is 0 Å². The van der Waals surface area contributed by atoms with E-state index in [4.69, 9.17) is 10.2 Å². The van der Waals surface area contributed by atoms with Gasteiger partial charge in [-0.1, -0.05) is 6.07 Å². The van der Waals surface area contributed by atoms with Crippen LogP contribution in [0.25, 0.3) is 21.9 Å². The van der Waals surface area contributed by atoms with E-state index in [2.05, 4.69) is 21.4 Å². The Labute approximate surface area is 138 Å². The van der Waals surface area contributed by atoms with Gasteiger partial charge >= 0.3 is 0 Å². The van der Waals surface area contributed by atoms with E-state index < -0.39 is 0 Å². The molecule has 0 aliphatic heterocycles. The predicted octanol–water partition coefficient (Wildman–Crippen LogP) is 3.44. The zero-order chi connectivity index (χ0) is 16.7. The lowest BCUT2D eigenvalue weighted by molar-refractivity contribution is 0.824. The number of nitrogens with zero attached hydrogens (tertiary/aromatic N) is 5. The summed E-state index contributed by atoms with van der Waals surface area (Å²) in [6.45, 7) is 1.96. The molecule has 2 heterocycles. The number of nitriles is 1. The molecule has 1 N–H and O–H groups in total. The minimum atomic E-state index is 0.598. The van der Waals surface area contributed by atoms with E-state index in [1.165, 1.54) is 0 Å². The Morgan fingerprint density at radius 3 is 2.88 bits per heavy atom. The van der Waals surface area contributed by atoms with Crippen molar-refractivity contribution in [1.82, 2.24) is 19.5 Å². The van der Waals surface area contributed by atoms with Gasteiger partial charge in [-0.05, 0) is 31.2 Å². The molecule has 6 heteroatoms. The average Bonchev–Trinajstić information content (AvgIpc) is 3.05. The van der Waals surface area contributed by atoms with Crippen molar-refractivity contribution >= 4 is 33.3 Å². The number of benzene rings is 2. The maximum Gasteiger partial charge on any atom is 0.117 e. The van der Waals surface area contributed by atoms with Crippen LogP contribution in [-0.2, 0) is 7.05 Å². The number of anilines is 2. The maximum absolute atomic E-state index is 9.09. The molecule has 0 aliphatic carbocycles. The van der Waals surface area contributed by atoms with Gasteiger partial charge in [-0.2, -0.15) is 5.26 Å². The van der Waals surface area contributed by atoms with Gasteiger partial charge in [0.1, 0.15) is 17.7 Å². The number of hydrogen-bond acceptors (Lipinski definition) is 5. The standard InChI is InChI=1S/C18H14N6/c1-11-22-16-13(9-24(11)2)7-15-17(21-10-20-15)18(16)23-14-5-3-4-12(6-14)8-19/h3-7,9-10,23H,1-2H3. The topological polar surface area (TPSA) is 79.4 Å². The van der Waals surface area contributed by atoms with E-state index in [1.54, 1.807) is 18.5 Å². The molecule has 0 aliphatic rings. The first kappa shape index (κ1) is 14.2. The number of nitrogens with one attached hydrogen (secondary N) is 1. The van der Waals surface area contributed by atoms with Crippen molar-refractivity contribution in [3.63, 3.8) is 0 Å². The van der Waals surface area contributed by atoms with E-state index in [0.717, 1.165) is 39.1 Å². The Hall–Kier alpha value is -3.46. The average molecular weight is 314 g/mol. The number of imidazole rings is 1. The quantitative estimate of drug-likeness (QED) is 0.613. The summed E-state index contributed by atoms with van der Waals surface area (Å²) in [5.74, 6) is 0.898. The van der Waals surface area contributed by atoms with Crippen LogP contribution in [-0.4, -0.2) is 19.5 Å². The Morgan fingerprint density at radius 2 is 2.04 bits per heavy atom. The van der Waals surface area contributed by atoms with Crippen molar-refractivity contribution in [2.75, 3.05) is 5.32 Å². The summed E-state index contributed by atoms with van der Waals surface area (Å²) in [5, 5.41) is 13.4. The minimum Gasteiger partial charge on any atom is -0.352 e. The largest absolute Gasteiger partial charge is 0.352 e. The molecule has 0 spiro atoms. The van der Waals surface area contributed by atoms with Crippen LogP contribution in [0, 0.1) is 18.3 Å². The summed E-state index contributed by atoms with van der Waals surface area (Å²) in [6.07, 6.45) is 3.58. The van der Waals surface area contributed by atoms with E-state index in [9.17, 15) is 0 Å². The van der Waals surface area contributed by atoms with Crippen LogP contribution in [0.2, 0.25) is 0 Å². The Morgan fingerprint density at radius 1 is 1.17 bits per heavy atom. The normalized spacial score (nSPS) is 10.9. The number of aryl methyl sites for hydroxylation is 2. The molecule has 0 saturated carbocycles. The lowest BCUT2D eigenvalue weighted by atomic mass is 10.1. The second kappa shape index (κ2) is 5.32. The first-order chi connectivity index (χ1) is 11.7. The first-order valence-electron chi connectivity index (χ1n) is 7.50. The smallest absolute Gasteiger partial charge is 0.117 e. The highest BCUT2D eigenvalue weighted by molar-refractivity contribution is 6.07. The highest BCUT2D eigenvalue weighted by atomic mass is 15.0. The zero-order valence-corrected chi connectivity index (χ0v) is 13.3. The number of aromatic nitrogens is 4. The predicted molar refractivity (Wildman–Crippen MR) is 93.0 cm³/mol. The van der Waals surface area contributed by atoms with Gasteiger partial charge in [0.05, 0.1) is 28.4 Å². The molecule has 0 bridgehead atoms. The summed E-state index contributed by atoms with van der Waals surface area (Å²) in [6, 6.07) is 11.5. The van der Waals surface area contributed by atoms with E-state index in [0.29, 0.717) is 5.56 Å². The monoisotopic (exact) mass is 314 g/mol. The molecule has 0 unspecified atom stereocenters. The van der Waals surface area contributed by atoms with Gasteiger partial charge in [0.15, 0.2) is 0 Å². The van der Waals surface area contributed by atoms with Crippen molar-refractivity contribution in [2.24, 2.45) is 7.05 Å². The molecule has 0 amide bonds. The number of rotatable bonds is 2. The molecular weight excluding hydrogens is 300 g/mol. The highest BCUT2D eigenvalue weighted by Gasteiger charge is 2.13. The van der Waals surface area contributed by atoms with Gasteiger partial charge < -0.3 is 9.88 Å². The van der Waals surface area contributed by atoms with Crippen molar-refractivity contribution in [2.45, 2.75) is 6.92 Å². The van der Waals surface area contributed by atoms with Crippen molar-refractivity contribution in [1.29, 1.82) is 5.26 Å². The molecule has 0 atom stereocenters. The maximum atomic E-state index is 9.09. The fraction of sp³-hybridized carbons (Fsp3) is 0.111. The lowest BCUT2D eigenvalue weighted by Gasteiger charge is -2.13. The third-order valence-corrected chi connectivity index (χ3v) is 4.04. The SMILES string of the molecule is Cc1nc2c(Nc3cccc(C#N)c3)c3ncnc3cc2cn1C. The van der Waals surface area contributed by atoms with Crippen LogP contribution >= 0.6 is 0 Å².